The highest BCUT2D eigenvalue weighted by atomic mass is 32.2. The second-order valence-corrected chi connectivity index (χ2v) is 8.20. The molecule has 12 heteroatoms. The minimum atomic E-state index is -3.78. The summed E-state index contributed by atoms with van der Waals surface area (Å²) in [6.45, 7) is 0.848. The number of furan rings is 1. The van der Waals surface area contributed by atoms with E-state index in [-0.39, 0.29) is 48.7 Å². The number of nitrogens with zero attached hydrogens (tertiary/aromatic N) is 3. The Morgan fingerprint density at radius 3 is 2.32 bits per heavy atom. The fourth-order valence-electron chi connectivity index (χ4n) is 2.61. The van der Waals surface area contributed by atoms with Gasteiger partial charge < -0.3 is 18.3 Å². The van der Waals surface area contributed by atoms with Crippen LogP contribution in [0.15, 0.2) is 56.4 Å². The van der Waals surface area contributed by atoms with Crippen molar-refractivity contribution in [3.8, 4) is 11.7 Å². The number of hydrogen-bond acceptors (Lipinski definition) is 9. The van der Waals surface area contributed by atoms with Crippen molar-refractivity contribution in [2.75, 3.05) is 45.8 Å². The minimum Gasteiger partial charge on any atom is -0.459 e. The summed E-state index contributed by atoms with van der Waals surface area (Å²) in [4.78, 5) is 12.5. The number of carbonyl (C=O) groups is 1. The monoisotopic (exact) mass is 450 g/mol. The van der Waals surface area contributed by atoms with E-state index < -0.39 is 15.9 Å². The van der Waals surface area contributed by atoms with E-state index in [0.717, 1.165) is 0 Å². The van der Waals surface area contributed by atoms with Crippen LogP contribution in [0, 0.1) is 0 Å². The molecule has 0 spiro atoms. The Bertz CT molecular complexity index is 1070. The zero-order valence-corrected chi connectivity index (χ0v) is 17.8. The molecule has 0 fully saturated rings. The lowest BCUT2D eigenvalue weighted by molar-refractivity contribution is 0.102. The molecule has 2 aromatic heterocycles. The smallest absolute Gasteiger partial charge is 0.322 e. The van der Waals surface area contributed by atoms with Crippen LogP contribution in [-0.4, -0.2) is 69.4 Å². The van der Waals surface area contributed by atoms with Gasteiger partial charge in [-0.05, 0) is 36.4 Å². The van der Waals surface area contributed by atoms with Crippen LogP contribution in [0.3, 0.4) is 0 Å². The molecule has 0 bridgehead atoms. The molecule has 0 atom stereocenters. The average Bonchev–Trinajstić information content (AvgIpc) is 3.46. The molecule has 1 aromatic carbocycles. The Balaban J connectivity index is 1.70. The SMILES string of the molecule is COCCN(CCOC)S(=O)(=O)c1ccc(C(=O)Nc2nnc(-c3ccco3)o2)cc1. The van der Waals surface area contributed by atoms with Gasteiger partial charge in [-0.1, -0.05) is 5.10 Å². The highest BCUT2D eigenvalue weighted by Crippen LogP contribution is 2.21. The van der Waals surface area contributed by atoms with Crippen LogP contribution in [0.5, 0.6) is 0 Å². The first-order chi connectivity index (χ1) is 15.0. The van der Waals surface area contributed by atoms with Gasteiger partial charge in [-0.2, -0.15) is 4.31 Å². The molecule has 0 saturated heterocycles. The molecule has 0 radical (unpaired) electrons. The normalized spacial score (nSPS) is 11.7. The van der Waals surface area contributed by atoms with Crippen LogP contribution in [0.1, 0.15) is 10.4 Å². The lowest BCUT2D eigenvalue weighted by Crippen LogP contribution is -2.36. The topological polar surface area (TPSA) is 137 Å². The Hall–Kier alpha value is -3.06. The lowest BCUT2D eigenvalue weighted by Gasteiger charge is -2.21. The van der Waals surface area contributed by atoms with E-state index in [0.29, 0.717) is 5.76 Å². The summed E-state index contributed by atoms with van der Waals surface area (Å²) in [7, 11) is -0.787. The number of anilines is 1. The lowest BCUT2D eigenvalue weighted by atomic mass is 10.2. The first-order valence-corrected chi connectivity index (χ1v) is 10.7. The summed E-state index contributed by atoms with van der Waals surface area (Å²) in [6, 6.07) is 8.71. The minimum absolute atomic E-state index is 0.0501. The molecule has 0 aliphatic carbocycles. The second-order valence-electron chi connectivity index (χ2n) is 6.26. The third-order valence-electron chi connectivity index (χ3n) is 4.22. The van der Waals surface area contributed by atoms with E-state index >= 15 is 0 Å². The summed E-state index contributed by atoms with van der Waals surface area (Å²) < 4.78 is 47.5. The fourth-order valence-corrected chi connectivity index (χ4v) is 4.02. The molecular weight excluding hydrogens is 428 g/mol. The maximum atomic E-state index is 12.9. The van der Waals surface area contributed by atoms with Gasteiger partial charge in [-0.15, -0.1) is 5.10 Å². The quantitative estimate of drug-likeness (QED) is 0.464. The van der Waals surface area contributed by atoms with Gasteiger partial charge in [0.05, 0.1) is 24.4 Å². The molecule has 3 aromatic rings. The first kappa shape index (κ1) is 22.6. The van der Waals surface area contributed by atoms with Crippen LogP contribution < -0.4 is 5.32 Å². The molecule has 0 unspecified atom stereocenters. The molecular formula is C19H22N4O7S. The molecule has 1 N–H and O–H groups in total. The van der Waals surface area contributed by atoms with E-state index in [2.05, 4.69) is 15.5 Å². The summed E-state index contributed by atoms with van der Waals surface area (Å²) in [5.41, 5.74) is 0.219. The number of sulfonamides is 1. The van der Waals surface area contributed by atoms with Crippen LogP contribution in [0.4, 0.5) is 6.01 Å². The van der Waals surface area contributed by atoms with Crippen molar-refractivity contribution in [3.05, 3.63) is 48.2 Å². The molecule has 166 valence electrons. The number of hydrogen-bond donors (Lipinski definition) is 1. The Kier molecular flexibility index (Phi) is 7.52. The van der Waals surface area contributed by atoms with Gasteiger partial charge in [-0.3, -0.25) is 10.1 Å². The van der Waals surface area contributed by atoms with Crippen molar-refractivity contribution < 1.29 is 31.5 Å². The number of nitrogens with one attached hydrogen (secondary N) is 1. The number of carbonyl (C=O) groups excluding carboxylic acids is 1. The molecule has 1 amide bonds. The van der Waals surface area contributed by atoms with Crippen molar-refractivity contribution in [1.29, 1.82) is 0 Å². The Labute approximate surface area is 179 Å². The number of amides is 1. The van der Waals surface area contributed by atoms with Gasteiger partial charge in [0.1, 0.15) is 0 Å². The molecule has 0 aliphatic heterocycles. The van der Waals surface area contributed by atoms with Crippen molar-refractivity contribution in [1.82, 2.24) is 14.5 Å². The van der Waals surface area contributed by atoms with Gasteiger partial charge in [0, 0.05) is 32.9 Å². The highest BCUT2D eigenvalue weighted by molar-refractivity contribution is 7.89. The Morgan fingerprint density at radius 2 is 1.74 bits per heavy atom. The molecule has 0 saturated carbocycles. The van der Waals surface area contributed by atoms with Crippen molar-refractivity contribution in [2.45, 2.75) is 4.90 Å². The predicted molar refractivity (Wildman–Crippen MR) is 109 cm³/mol. The largest absolute Gasteiger partial charge is 0.459 e. The summed E-state index contributed by atoms with van der Waals surface area (Å²) in [5.74, 6) is -0.0442. The molecule has 11 nitrogen and oxygen atoms in total. The third-order valence-corrected chi connectivity index (χ3v) is 6.13. The maximum absolute atomic E-state index is 12.9. The average molecular weight is 450 g/mol. The Morgan fingerprint density at radius 1 is 1.06 bits per heavy atom. The van der Waals surface area contributed by atoms with Crippen LogP contribution in [0.2, 0.25) is 0 Å². The summed E-state index contributed by atoms with van der Waals surface area (Å²) in [6.07, 6.45) is 1.46. The van der Waals surface area contributed by atoms with E-state index in [1.54, 1.807) is 12.1 Å². The first-order valence-electron chi connectivity index (χ1n) is 9.22. The van der Waals surface area contributed by atoms with Gasteiger partial charge in [0.15, 0.2) is 5.76 Å². The summed E-state index contributed by atoms with van der Waals surface area (Å²) in [5, 5.41) is 9.99. The molecule has 3 rings (SSSR count). The van der Waals surface area contributed by atoms with Gasteiger partial charge in [0.25, 0.3) is 11.8 Å². The zero-order chi connectivity index (χ0) is 22.3. The van der Waals surface area contributed by atoms with Crippen molar-refractivity contribution in [2.24, 2.45) is 0 Å². The van der Waals surface area contributed by atoms with E-state index in [1.165, 1.54) is 49.1 Å². The van der Waals surface area contributed by atoms with Gasteiger partial charge >= 0.3 is 6.01 Å². The molecule has 0 aliphatic rings. The number of methoxy groups -OCH3 is 2. The van der Waals surface area contributed by atoms with E-state index in [9.17, 15) is 13.2 Å². The van der Waals surface area contributed by atoms with Crippen LogP contribution in [-0.2, 0) is 19.5 Å². The fraction of sp³-hybridized carbons (Fsp3) is 0.316. The van der Waals surface area contributed by atoms with Gasteiger partial charge in [-0.25, -0.2) is 8.42 Å². The number of aromatic nitrogens is 2. The zero-order valence-electron chi connectivity index (χ0n) is 17.0. The maximum Gasteiger partial charge on any atom is 0.322 e. The number of rotatable bonds is 11. The standard InChI is InChI=1S/C19H22N4O7S/c1-27-12-9-23(10-13-28-2)31(25,26)15-7-5-14(6-8-15)17(24)20-19-22-21-18(30-19)16-4-3-11-29-16/h3-8,11H,9-10,12-13H2,1-2H3,(H,20,22,24). The van der Waals surface area contributed by atoms with E-state index in [1.807, 2.05) is 0 Å². The molecule has 2 heterocycles. The van der Waals surface area contributed by atoms with Crippen LogP contribution in [0.25, 0.3) is 11.7 Å². The third kappa shape index (κ3) is 5.55. The molecule has 31 heavy (non-hydrogen) atoms. The van der Waals surface area contributed by atoms with E-state index in [4.69, 9.17) is 18.3 Å². The predicted octanol–water partition coefficient (Wildman–Crippen LogP) is 1.87. The van der Waals surface area contributed by atoms with Crippen molar-refractivity contribution in [3.63, 3.8) is 0 Å². The number of benzene rings is 1. The van der Waals surface area contributed by atoms with Crippen LogP contribution >= 0.6 is 0 Å². The summed E-state index contributed by atoms with van der Waals surface area (Å²) >= 11 is 0. The highest BCUT2D eigenvalue weighted by Gasteiger charge is 2.24. The van der Waals surface area contributed by atoms with Gasteiger partial charge in [0.2, 0.25) is 10.0 Å². The van der Waals surface area contributed by atoms with Crippen molar-refractivity contribution >= 4 is 21.9 Å². The number of ether oxygens (including phenoxy) is 2. The second kappa shape index (κ2) is 10.3.